The molecule has 0 atom stereocenters. The fourth-order valence-corrected chi connectivity index (χ4v) is 7.23. The second-order valence-corrected chi connectivity index (χ2v) is 16.5. The van der Waals surface area contributed by atoms with Gasteiger partial charge in [-0.25, -0.2) is 0 Å². The minimum Gasteiger partial charge on any atom is -0.468 e. The molecule has 0 saturated heterocycles. The molecule has 0 rings (SSSR count). The third-order valence-corrected chi connectivity index (χ3v) is 9.11. The predicted molar refractivity (Wildman–Crippen MR) is 136 cm³/mol. The van der Waals surface area contributed by atoms with E-state index >= 15 is 0 Å². The van der Waals surface area contributed by atoms with Crippen LogP contribution in [0.25, 0.3) is 0 Å². The Kier molecular flexibility index (Phi) is 19.3. The number of ether oxygens (including phenoxy) is 3. The Labute approximate surface area is 237 Å². The SMILES string of the molecule is O=COCCC(CCOC=O)(OC=O)P(=O)(O)O.O=P(O)(O)CN(CCN(CP(=O)(O)O)CP(=O)(O)O)CP(=O)(O)O. The summed E-state index contributed by atoms with van der Waals surface area (Å²) in [6.07, 6.45) is -5.01. The van der Waals surface area contributed by atoms with E-state index in [2.05, 4.69) is 14.2 Å². The van der Waals surface area contributed by atoms with Crippen LogP contribution in [0, 0.1) is 0 Å². The molecule has 0 aromatic heterocycles. The van der Waals surface area contributed by atoms with Gasteiger partial charge in [0.1, 0.15) is 25.1 Å². The van der Waals surface area contributed by atoms with Gasteiger partial charge in [-0.2, -0.15) is 0 Å². The summed E-state index contributed by atoms with van der Waals surface area (Å²) >= 11 is 0. The molecule has 0 fully saturated rings. The zero-order chi connectivity index (χ0) is 33.5. The average Bonchev–Trinajstić information content (AvgIpc) is 2.73. The lowest BCUT2D eigenvalue weighted by Crippen LogP contribution is -2.37. The third-order valence-electron chi connectivity index (χ3n) is 4.42. The minimum absolute atomic E-state index is 0.0905. The van der Waals surface area contributed by atoms with E-state index in [1.54, 1.807) is 0 Å². The van der Waals surface area contributed by atoms with Crippen LogP contribution in [0.4, 0.5) is 0 Å². The zero-order valence-corrected chi connectivity index (χ0v) is 25.9. The molecule has 0 spiro atoms. The van der Waals surface area contributed by atoms with Crippen molar-refractivity contribution >= 4 is 57.4 Å². The normalized spacial score (nSPS) is 13.2. The number of nitrogens with zero attached hydrogens (tertiary/aromatic N) is 2. The van der Waals surface area contributed by atoms with Crippen LogP contribution in [0.2, 0.25) is 0 Å². The van der Waals surface area contributed by atoms with Crippen LogP contribution >= 0.6 is 38.0 Å². The molecule has 0 saturated carbocycles. The van der Waals surface area contributed by atoms with Gasteiger partial charge in [0.25, 0.3) is 19.4 Å². The van der Waals surface area contributed by atoms with Crippen LogP contribution in [0.5, 0.6) is 0 Å². The Morgan fingerprint density at radius 1 is 0.524 bits per heavy atom. The van der Waals surface area contributed by atoms with Crippen molar-refractivity contribution in [2.75, 3.05) is 51.4 Å². The molecule has 0 amide bonds. The van der Waals surface area contributed by atoms with Gasteiger partial charge in [-0.1, -0.05) is 0 Å². The minimum atomic E-state index is -4.85. The lowest BCUT2D eigenvalue weighted by Gasteiger charge is -2.31. The first-order valence-corrected chi connectivity index (χ1v) is 19.5. The molecule has 0 aliphatic heterocycles. The summed E-state index contributed by atoms with van der Waals surface area (Å²) in [6.45, 7) is -1.67. The first-order valence-electron chi connectivity index (χ1n) is 10.7. The van der Waals surface area contributed by atoms with Crippen molar-refractivity contribution in [3.05, 3.63) is 0 Å². The van der Waals surface area contributed by atoms with Crippen molar-refractivity contribution in [2.24, 2.45) is 0 Å². The molecule has 0 unspecified atom stereocenters. The molecule has 0 aromatic carbocycles. The highest BCUT2D eigenvalue weighted by molar-refractivity contribution is 7.53. The van der Waals surface area contributed by atoms with Crippen LogP contribution in [-0.2, 0) is 51.4 Å². The number of carbonyl (C=O) groups is 3. The monoisotopic (exact) mass is 720 g/mol. The summed E-state index contributed by atoms with van der Waals surface area (Å²) in [5.74, 6) is 0. The van der Waals surface area contributed by atoms with Gasteiger partial charge in [0.15, 0.2) is 0 Å². The predicted octanol–water partition coefficient (Wildman–Crippen LogP) is -2.71. The maximum absolute atomic E-state index is 11.4. The quantitative estimate of drug-likeness (QED) is 0.0235. The number of hydrogen-bond donors (Lipinski definition) is 10. The van der Waals surface area contributed by atoms with Crippen LogP contribution in [0.1, 0.15) is 12.8 Å². The van der Waals surface area contributed by atoms with E-state index in [0.717, 1.165) is 0 Å². The van der Waals surface area contributed by atoms with E-state index < -0.39 is 94.4 Å². The van der Waals surface area contributed by atoms with E-state index in [-0.39, 0.29) is 32.6 Å². The van der Waals surface area contributed by atoms with Crippen LogP contribution in [0.3, 0.4) is 0 Å². The summed E-state index contributed by atoms with van der Waals surface area (Å²) in [6, 6.07) is 0. The molecule has 10 N–H and O–H groups in total. The molecule has 28 heteroatoms. The summed E-state index contributed by atoms with van der Waals surface area (Å²) in [7, 11) is -23.6. The summed E-state index contributed by atoms with van der Waals surface area (Å²) in [4.78, 5) is 121. The lowest BCUT2D eigenvalue weighted by atomic mass is 10.2. The van der Waals surface area contributed by atoms with E-state index in [1.165, 1.54) is 0 Å². The lowest BCUT2D eigenvalue weighted by molar-refractivity contribution is -0.142. The topological polar surface area (TPSA) is 373 Å². The van der Waals surface area contributed by atoms with Crippen molar-refractivity contribution in [3.8, 4) is 0 Å². The van der Waals surface area contributed by atoms with Gasteiger partial charge >= 0.3 is 38.0 Å². The number of hydrogen-bond acceptors (Lipinski definition) is 13. The first kappa shape index (κ1) is 43.2. The Bertz CT molecular complexity index is 959. The highest BCUT2D eigenvalue weighted by Gasteiger charge is 2.49. The largest absolute Gasteiger partial charge is 0.468 e. The van der Waals surface area contributed by atoms with Gasteiger partial charge in [0, 0.05) is 25.9 Å². The van der Waals surface area contributed by atoms with E-state index in [0.29, 0.717) is 9.80 Å². The van der Waals surface area contributed by atoms with Gasteiger partial charge in [0.2, 0.25) is 5.34 Å². The second kappa shape index (κ2) is 18.8. The molecule has 0 heterocycles. The average molecular weight is 720 g/mol. The molecular weight excluding hydrogens is 687 g/mol. The summed E-state index contributed by atoms with van der Waals surface area (Å²) in [5, 5.41) is -2.18. The van der Waals surface area contributed by atoms with Crippen LogP contribution < -0.4 is 0 Å². The van der Waals surface area contributed by atoms with Crippen molar-refractivity contribution in [3.63, 3.8) is 0 Å². The molecule has 0 radical (unpaired) electrons. The van der Waals surface area contributed by atoms with Crippen molar-refractivity contribution < 1.29 is 100 Å². The van der Waals surface area contributed by atoms with Crippen molar-refractivity contribution in [1.29, 1.82) is 0 Å². The van der Waals surface area contributed by atoms with Gasteiger partial charge in [0.05, 0.1) is 13.2 Å². The molecule has 250 valence electrons. The molecular formula is C14H33N2O21P5. The molecule has 0 aliphatic carbocycles. The highest BCUT2D eigenvalue weighted by atomic mass is 31.2. The third kappa shape index (κ3) is 23.5. The molecule has 0 bridgehead atoms. The second-order valence-electron chi connectivity index (χ2n) is 8.15. The molecule has 23 nitrogen and oxygen atoms in total. The first-order chi connectivity index (χ1) is 18.8. The Balaban J connectivity index is 0. The van der Waals surface area contributed by atoms with Gasteiger partial charge in [-0.05, 0) is 0 Å². The Morgan fingerprint density at radius 2 is 0.810 bits per heavy atom. The summed E-state index contributed by atoms with van der Waals surface area (Å²) in [5.41, 5.74) is 0. The van der Waals surface area contributed by atoms with Crippen LogP contribution in [-0.4, -0.2) is 135 Å². The highest BCUT2D eigenvalue weighted by Crippen LogP contribution is 2.55. The smallest absolute Gasteiger partial charge is 0.369 e. The van der Waals surface area contributed by atoms with Crippen molar-refractivity contribution in [2.45, 2.75) is 18.2 Å². The number of rotatable bonds is 22. The maximum atomic E-state index is 11.4. The molecule has 0 aliphatic rings. The Hall–Kier alpha value is -0.920. The van der Waals surface area contributed by atoms with Gasteiger partial charge in [-0.15, -0.1) is 0 Å². The van der Waals surface area contributed by atoms with Gasteiger partial charge in [-0.3, -0.25) is 47.0 Å². The number of carbonyl (C=O) groups excluding carboxylic acids is 3. The maximum Gasteiger partial charge on any atom is 0.369 e. The molecule has 0 aromatic rings. The standard InChI is InChI=1S/C8H13O9P.C6H20N2O12P4/c9-5-15-3-1-8(17-7-11,18(12,13)14)2-4-16-6-10;9-21(10,11)3-7(4-22(12,13)14)1-2-8(5-23(15,16)17)6-24(18,19)20/h5-7H,1-4H2,(H2,12,13,14);1-6H2,(H2,9,10,11)(H2,12,13,14)(H2,15,16,17)(H2,18,19,20). The van der Waals surface area contributed by atoms with E-state index in [9.17, 15) is 47.0 Å². The van der Waals surface area contributed by atoms with E-state index in [1.807, 2.05) is 0 Å². The molecule has 42 heavy (non-hydrogen) atoms. The van der Waals surface area contributed by atoms with Crippen molar-refractivity contribution in [1.82, 2.24) is 9.80 Å². The van der Waals surface area contributed by atoms with E-state index in [4.69, 9.17) is 39.1 Å². The fourth-order valence-electron chi connectivity index (χ4n) is 2.92. The van der Waals surface area contributed by atoms with Gasteiger partial charge < -0.3 is 63.1 Å². The fraction of sp³-hybridized carbons (Fsp3) is 0.786. The Morgan fingerprint density at radius 3 is 1.00 bits per heavy atom. The zero-order valence-electron chi connectivity index (χ0n) is 21.4. The summed E-state index contributed by atoms with van der Waals surface area (Å²) < 4.78 is 68.3. The van der Waals surface area contributed by atoms with Crippen LogP contribution in [0.15, 0.2) is 0 Å².